The summed E-state index contributed by atoms with van der Waals surface area (Å²) in [5.74, 6) is -1.75. The summed E-state index contributed by atoms with van der Waals surface area (Å²) < 4.78 is 20.9. The lowest BCUT2D eigenvalue weighted by Crippen LogP contribution is -2.37. The predicted molar refractivity (Wildman–Crippen MR) is 158 cm³/mol. The first-order chi connectivity index (χ1) is 20.3. The molecule has 0 bridgehead atoms. The van der Waals surface area contributed by atoms with Crippen molar-refractivity contribution in [1.29, 1.82) is 0 Å². The number of nitrogens with zero attached hydrogens (tertiary/aromatic N) is 4. The van der Waals surface area contributed by atoms with Gasteiger partial charge in [-0.2, -0.15) is 19.6 Å². The highest BCUT2D eigenvalue weighted by molar-refractivity contribution is 6.06. The van der Waals surface area contributed by atoms with E-state index in [0.717, 1.165) is 37.1 Å². The van der Waals surface area contributed by atoms with E-state index in [4.69, 9.17) is 4.74 Å². The number of benzene rings is 2. The first-order valence-corrected chi connectivity index (χ1v) is 13.8. The minimum atomic E-state index is -1.11. The summed E-state index contributed by atoms with van der Waals surface area (Å²) in [6.45, 7) is 9.27. The molecule has 4 N–H and O–H groups in total. The van der Waals surface area contributed by atoms with E-state index in [9.17, 15) is 14.0 Å². The van der Waals surface area contributed by atoms with Gasteiger partial charge >= 0.3 is 6.01 Å². The Kier molecular flexibility index (Phi) is 8.72. The topological polar surface area (TPSA) is 135 Å². The van der Waals surface area contributed by atoms with Gasteiger partial charge in [0.2, 0.25) is 5.95 Å². The van der Waals surface area contributed by atoms with Gasteiger partial charge in [-0.1, -0.05) is 38.6 Å². The lowest BCUT2D eigenvalue weighted by atomic mass is 10.1. The van der Waals surface area contributed by atoms with Crippen LogP contribution in [-0.4, -0.2) is 50.6 Å². The maximum Gasteiger partial charge on any atom is 0.322 e. The fourth-order valence-corrected chi connectivity index (χ4v) is 4.60. The molecule has 2 amide bonds. The molecule has 5 rings (SSSR count). The van der Waals surface area contributed by atoms with Crippen molar-refractivity contribution >= 4 is 34.8 Å². The molecule has 3 heterocycles. The summed E-state index contributed by atoms with van der Waals surface area (Å²) in [4.78, 5) is 33.8. The van der Waals surface area contributed by atoms with Crippen molar-refractivity contribution in [3.63, 3.8) is 0 Å². The molecule has 0 saturated carbocycles. The van der Waals surface area contributed by atoms with E-state index in [1.807, 2.05) is 18.2 Å². The molecule has 2 aromatic carbocycles. The fourth-order valence-electron chi connectivity index (χ4n) is 4.60. The highest BCUT2D eigenvalue weighted by Crippen LogP contribution is 2.24. The maximum atomic E-state index is 13.1. The van der Waals surface area contributed by atoms with Crippen LogP contribution in [0, 0.1) is 0 Å². The van der Waals surface area contributed by atoms with Crippen LogP contribution >= 0.6 is 0 Å². The van der Waals surface area contributed by atoms with Crippen LogP contribution in [-0.2, 0) is 11.3 Å². The zero-order chi connectivity index (χ0) is 29.6. The van der Waals surface area contributed by atoms with Crippen molar-refractivity contribution in [2.75, 3.05) is 29.0 Å². The number of rotatable bonds is 10. The third-order valence-corrected chi connectivity index (χ3v) is 6.79. The second-order valence-electron chi connectivity index (χ2n) is 10.4. The summed E-state index contributed by atoms with van der Waals surface area (Å²) in [6, 6.07) is 13.9. The number of hydrogen-bond donors (Lipinski definition) is 4. The van der Waals surface area contributed by atoms with Crippen LogP contribution < -0.4 is 26.0 Å². The smallest absolute Gasteiger partial charge is 0.322 e. The Morgan fingerprint density at radius 1 is 1.14 bits per heavy atom. The normalized spacial score (nSPS) is 14.9. The fraction of sp³-hybridized carbons (Fsp3) is 0.300. The van der Waals surface area contributed by atoms with Crippen molar-refractivity contribution in [2.45, 2.75) is 45.3 Å². The van der Waals surface area contributed by atoms with Gasteiger partial charge in [-0.3, -0.25) is 9.59 Å². The summed E-state index contributed by atoms with van der Waals surface area (Å²) in [7, 11) is 0. The highest BCUT2D eigenvalue weighted by atomic mass is 19.1. The molecule has 12 heteroatoms. The first-order valence-electron chi connectivity index (χ1n) is 13.8. The number of hydrogen-bond acceptors (Lipinski definition) is 8. The third-order valence-electron chi connectivity index (χ3n) is 6.79. The molecule has 42 heavy (non-hydrogen) atoms. The summed E-state index contributed by atoms with van der Waals surface area (Å²) in [5, 5.41) is 16.4. The number of carbonyl (C=O) groups is 2. The quantitative estimate of drug-likeness (QED) is 0.202. The van der Waals surface area contributed by atoms with Gasteiger partial charge in [0, 0.05) is 35.6 Å². The van der Waals surface area contributed by atoms with Crippen molar-refractivity contribution in [3.05, 3.63) is 83.8 Å². The predicted octanol–water partition coefficient (Wildman–Crippen LogP) is 4.66. The van der Waals surface area contributed by atoms with Crippen LogP contribution in [0.15, 0.2) is 67.1 Å². The molecule has 11 nitrogen and oxygen atoms in total. The molecular formula is C30H33FN8O3. The van der Waals surface area contributed by atoms with Crippen molar-refractivity contribution in [1.82, 2.24) is 24.9 Å². The summed E-state index contributed by atoms with van der Waals surface area (Å²) >= 11 is 0. The lowest BCUT2D eigenvalue weighted by Gasteiger charge is -2.23. The van der Waals surface area contributed by atoms with Crippen LogP contribution in [0.2, 0.25) is 0 Å². The average molecular weight is 573 g/mol. The molecule has 0 spiro atoms. The maximum absolute atomic E-state index is 13.1. The molecule has 0 radical (unpaired) electrons. The molecular weight excluding hydrogens is 539 g/mol. The van der Waals surface area contributed by atoms with E-state index in [-0.39, 0.29) is 23.6 Å². The van der Waals surface area contributed by atoms with Gasteiger partial charge in [0.15, 0.2) is 11.5 Å². The summed E-state index contributed by atoms with van der Waals surface area (Å²) in [6.07, 6.45) is 3.77. The van der Waals surface area contributed by atoms with Gasteiger partial charge in [-0.25, -0.2) is 4.39 Å². The number of anilines is 3. The zero-order valence-electron chi connectivity index (χ0n) is 23.5. The van der Waals surface area contributed by atoms with Gasteiger partial charge in [-0.05, 0) is 61.2 Å². The van der Waals surface area contributed by atoms with E-state index in [1.165, 1.54) is 6.07 Å². The van der Waals surface area contributed by atoms with E-state index in [1.54, 1.807) is 35.0 Å². The van der Waals surface area contributed by atoms with Gasteiger partial charge in [0.25, 0.3) is 11.8 Å². The molecule has 2 aromatic heterocycles. The highest BCUT2D eigenvalue weighted by Gasteiger charge is 2.20. The van der Waals surface area contributed by atoms with Crippen LogP contribution in [0.3, 0.4) is 0 Å². The molecule has 0 aliphatic carbocycles. The first kappa shape index (κ1) is 28.7. The number of halogens is 1. The van der Waals surface area contributed by atoms with Crippen molar-refractivity contribution in [2.24, 2.45) is 0 Å². The molecule has 218 valence electrons. The number of piperidine rings is 1. The molecule has 1 atom stereocenters. The SMILES string of the molecule is C=C(F)C(=O)Nc1cccc(C(=O)Nc2cccc(CNc3nc(O[C@@H]4CCCNC4)nc4c(C(C)C)cnn34)c2)c1. The minimum Gasteiger partial charge on any atom is -0.459 e. The van der Waals surface area contributed by atoms with Crippen LogP contribution in [0.5, 0.6) is 6.01 Å². The van der Waals surface area contributed by atoms with Gasteiger partial charge in [-0.15, -0.1) is 0 Å². The van der Waals surface area contributed by atoms with Crippen LogP contribution in [0.25, 0.3) is 5.65 Å². The Balaban J connectivity index is 1.30. The number of aromatic nitrogens is 4. The van der Waals surface area contributed by atoms with E-state index in [2.05, 4.69) is 56.8 Å². The number of ether oxygens (including phenoxy) is 1. The molecule has 0 unspecified atom stereocenters. The van der Waals surface area contributed by atoms with Crippen molar-refractivity contribution in [3.8, 4) is 6.01 Å². The minimum absolute atomic E-state index is 0.000111. The van der Waals surface area contributed by atoms with E-state index < -0.39 is 11.7 Å². The molecule has 1 saturated heterocycles. The molecule has 1 aliphatic heterocycles. The van der Waals surface area contributed by atoms with Gasteiger partial charge in [0.1, 0.15) is 6.10 Å². The Labute approximate surface area is 242 Å². The van der Waals surface area contributed by atoms with Crippen molar-refractivity contribution < 1.29 is 18.7 Å². The average Bonchev–Trinajstić information content (AvgIpc) is 3.41. The lowest BCUT2D eigenvalue weighted by molar-refractivity contribution is -0.114. The van der Waals surface area contributed by atoms with Gasteiger partial charge in [0.05, 0.1) is 6.20 Å². The molecule has 1 fully saturated rings. The zero-order valence-corrected chi connectivity index (χ0v) is 23.5. The standard InChI is InChI=1S/C30H33FN8O3/c1-18(2)25-17-34-39-26(25)37-30(42-24-11-6-12-32-16-24)38-29(39)33-15-20-7-4-9-22(13-20)36-28(41)21-8-5-10-23(14-21)35-27(40)19(3)31/h4-5,7-10,13-14,17-18,24,32H,3,6,11-12,15-16H2,1-2H3,(H,35,40)(H,36,41)(H,33,37,38)/t24-/m1/s1. The number of nitrogens with one attached hydrogen (secondary N) is 4. The Morgan fingerprint density at radius 3 is 2.67 bits per heavy atom. The third kappa shape index (κ3) is 6.89. The molecule has 1 aliphatic rings. The van der Waals surface area contributed by atoms with Crippen LogP contribution in [0.1, 0.15) is 54.1 Å². The van der Waals surface area contributed by atoms with E-state index >= 15 is 0 Å². The second-order valence-corrected chi connectivity index (χ2v) is 10.4. The number of carbonyl (C=O) groups excluding carboxylic acids is 2. The Bertz CT molecular complexity index is 1610. The van der Waals surface area contributed by atoms with Crippen LogP contribution in [0.4, 0.5) is 21.7 Å². The van der Waals surface area contributed by atoms with E-state index in [0.29, 0.717) is 35.4 Å². The number of amides is 2. The largest absolute Gasteiger partial charge is 0.459 e. The Morgan fingerprint density at radius 2 is 1.93 bits per heavy atom. The number of fused-ring (bicyclic) bond motifs is 1. The van der Waals surface area contributed by atoms with Gasteiger partial charge < -0.3 is 26.0 Å². The summed E-state index contributed by atoms with van der Waals surface area (Å²) in [5.41, 5.74) is 3.73. The Hall–Kier alpha value is -4.84. The monoisotopic (exact) mass is 572 g/mol. The molecule has 4 aromatic rings. The second kappa shape index (κ2) is 12.8.